The Hall–Kier alpha value is -2.28. The summed E-state index contributed by atoms with van der Waals surface area (Å²) in [5, 5.41) is 19.0. The molecule has 0 aromatic heterocycles. The molecule has 3 unspecified atom stereocenters. The molecular weight excluding hydrogens is 375 g/mol. The molecule has 2 aromatic carbocycles. The third-order valence-corrected chi connectivity index (χ3v) is 5.08. The summed E-state index contributed by atoms with van der Waals surface area (Å²) in [7, 11) is 0. The van der Waals surface area contributed by atoms with E-state index >= 15 is 0 Å². The van der Waals surface area contributed by atoms with Gasteiger partial charge in [0.15, 0.2) is 0 Å². The molecule has 0 bridgehead atoms. The molecule has 2 N–H and O–H groups in total. The van der Waals surface area contributed by atoms with Gasteiger partial charge in [-0.15, -0.1) is 0 Å². The van der Waals surface area contributed by atoms with E-state index in [9.17, 15) is 19.4 Å². The van der Waals surface area contributed by atoms with E-state index in [4.69, 9.17) is 9.47 Å². The smallest absolute Gasteiger partial charge is 0.148 e. The zero-order valence-corrected chi connectivity index (χ0v) is 16.5. The topological polar surface area (TPSA) is 76.0 Å². The minimum Gasteiger partial charge on any atom is -0.493 e. The maximum Gasteiger partial charge on any atom is 0.148 e. The van der Waals surface area contributed by atoms with Crippen LogP contribution in [0.3, 0.4) is 0 Å². The van der Waals surface area contributed by atoms with E-state index in [0.717, 1.165) is 36.3 Å². The second-order valence-electron chi connectivity index (χ2n) is 7.48. The second kappa shape index (κ2) is 9.96. The van der Waals surface area contributed by atoms with Gasteiger partial charge in [0, 0.05) is 12.8 Å². The number of aliphatic hydroxyl groups excluding tert-OH is 2. The lowest BCUT2D eigenvalue weighted by molar-refractivity contribution is -0.118. The van der Waals surface area contributed by atoms with Gasteiger partial charge in [-0.2, -0.15) is 0 Å². The highest BCUT2D eigenvalue weighted by Crippen LogP contribution is 2.29. The first-order chi connectivity index (χ1) is 14.0. The van der Waals surface area contributed by atoms with Gasteiger partial charge in [0.2, 0.25) is 0 Å². The molecule has 0 saturated heterocycles. The average Bonchev–Trinajstić information content (AvgIpc) is 2.74. The minimum absolute atomic E-state index is 0.0368. The lowest BCUT2D eigenvalue weighted by Gasteiger charge is -2.23. The number of hydrogen-bond donors (Lipinski definition) is 2. The maximum absolute atomic E-state index is 14.5. The molecule has 0 radical (unpaired) electrons. The van der Waals surface area contributed by atoms with Crippen molar-refractivity contribution < 1.29 is 28.9 Å². The first-order valence-electron chi connectivity index (χ1n) is 9.92. The fourth-order valence-corrected chi connectivity index (χ4v) is 3.54. The number of fused-ring (bicyclic) bond motifs is 1. The molecule has 1 aliphatic rings. The lowest BCUT2D eigenvalue weighted by Crippen LogP contribution is -2.22. The van der Waals surface area contributed by atoms with Crippen LogP contribution in [0, 0.1) is 5.82 Å². The summed E-state index contributed by atoms with van der Waals surface area (Å²) in [4.78, 5) is 10.9. The summed E-state index contributed by atoms with van der Waals surface area (Å²) in [6.07, 6.45) is 0.507. The largest absolute Gasteiger partial charge is 0.493 e. The van der Waals surface area contributed by atoms with Crippen LogP contribution in [0.25, 0.3) is 0 Å². The number of benzene rings is 2. The second-order valence-corrected chi connectivity index (χ2v) is 7.48. The number of aldehydes is 1. The van der Waals surface area contributed by atoms with Crippen molar-refractivity contribution in [1.29, 1.82) is 0 Å². The molecule has 0 amide bonds. The van der Waals surface area contributed by atoms with Crippen molar-refractivity contribution in [2.24, 2.45) is 0 Å². The van der Waals surface area contributed by atoms with Gasteiger partial charge in [-0.3, -0.25) is 0 Å². The summed E-state index contributed by atoms with van der Waals surface area (Å²) >= 11 is 0. The Kier molecular flexibility index (Phi) is 7.36. The minimum atomic E-state index is -1.19. The zero-order valence-electron chi connectivity index (χ0n) is 16.5. The van der Waals surface area contributed by atoms with Crippen molar-refractivity contribution in [2.75, 3.05) is 13.2 Å². The van der Waals surface area contributed by atoms with Crippen molar-refractivity contribution in [1.82, 2.24) is 0 Å². The summed E-state index contributed by atoms with van der Waals surface area (Å²) < 4.78 is 25.9. The Morgan fingerprint density at radius 3 is 2.86 bits per heavy atom. The zero-order chi connectivity index (χ0) is 20.8. The molecule has 6 heteroatoms. The average molecular weight is 402 g/mol. The molecule has 2 aromatic rings. The van der Waals surface area contributed by atoms with Gasteiger partial charge in [-0.05, 0) is 60.2 Å². The van der Waals surface area contributed by atoms with Crippen LogP contribution in [0.5, 0.6) is 5.75 Å². The van der Waals surface area contributed by atoms with Gasteiger partial charge in [0.25, 0.3) is 0 Å². The van der Waals surface area contributed by atoms with Crippen LogP contribution in [-0.4, -0.2) is 41.9 Å². The fourth-order valence-electron chi connectivity index (χ4n) is 3.54. The molecule has 0 aliphatic carbocycles. The van der Waals surface area contributed by atoms with E-state index in [1.54, 1.807) is 19.1 Å². The summed E-state index contributed by atoms with van der Waals surface area (Å²) in [6, 6.07) is 10.6. The summed E-state index contributed by atoms with van der Waals surface area (Å²) in [5.74, 6) is 0.566. The number of carbonyl (C=O) groups excluding carboxylic acids is 1. The molecule has 1 heterocycles. The molecule has 1 aliphatic heterocycles. The number of aryl methyl sites for hydroxylation is 1. The van der Waals surface area contributed by atoms with E-state index in [0.29, 0.717) is 23.8 Å². The molecule has 3 atom stereocenters. The molecule has 29 heavy (non-hydrogen) atoms. The highest BCUT2D eigenvalue weighted by atomic mass is 19.1. The van der Waals surface area contributed by atoms with Crippen LogP contribution in [0.4, 0.5) is 4.39 Å². The Balaban J connectivity index is 1.84. The third kappa shape index (κ3) is 5.63. The standard InChI is InChI=1S/C23H27FO5/c1-15(13-25)29-23(12-20(27)14-26)18-5-6-21(24)19(11-18)10-16-4-7-22-17(9-16)3-2-8-28-22/h4-7,9,11,14-15,20,23,25,27H,2-3,8,10,12-13H2,1H3. The SMILES string of the molecule is CC(CO)OC(CC(O)C=O)c1ccc(F)c(Cc2ccc3c(c2)CCCO3)c1. The van der Waals surface area contributed by atoms with E-state index in [-0.39, 0.29) is 18.8 Å². The number of ether oxygens (including phenoxy) is 2. The summed E-state index contributed by atoms with van der Waals surface area (Å²) in [5.41, 5.74) is 3.28. The molecular formula is C23H27FO5. The highest BCUT2D eigenvalue weighted by molar-refractivity contribution is 5.55. The first-order valence-corrected chi connectivity index (χ1v) is 9.92. The van der Waals surface area contributed by atoms with Crippen molar-refractivity contribution in [3.05, 3.63) is 64.5 Å². The summed E-state index contributed by atoms with van der Waals surface area (Å²) in [6.45, 7) is 2.22. The number of rotatable bonds is 9. The number of aliphatic hydroxyl groups is 2. The molecule has 0 saturated carbocycles. The normalized spacial score (nSPS) is 16.4. The van der Waals surface area contributed by atoms with Crippen molar-refractivity contribution in [3.8, 4) is 5.75 Å². The van der Waals surface area contributed by atoms with Crippen molar-refractivity contribution in [3.63, 3.8) is 0 Å². The lowest BCUT2D eigenvalue weighted by atomic mass is 9.95. The van der Waals surface area contributed by atoms with Gasteiger partial charge in [-0.25, -0.2) is 4.39 Å². The van der Waals surface area contributed by atoms with Crippen LogP contribution < -0.4 is 4.74 Å². The van der Waals surface area contributed by atoms with E-state index in [2.05, 4.69) is 6.07 Å². The monoisotopic (exact) mass is 402 g/mol. The Morgan fingerprint density at radius 2 is 2.10 bits per heavy atom. The van der Waals surface area contributed by atoms with E-state index in [1.165, 1.54) is 6.07 Å². The predicted octanol–water partition coefficient (Wildman–Crippen LogP) is 3.13. The van der Waals surface area contributed by atoms with Crippen LogP contribution in [0.15, 0.2) is 36.4 Å². The Bertz CT molecular complexity index is 838. The highest BCUT2D eigenvalue weighted by Gasteiger charge is 2.21. The molecule has 3 rings (SSSR count). The van der Waals surface area contributed by atoms with Crippen LogP contribution in [0.2, 0.25) is 0 Å². The van der Waals surface area contributed by atoms with Crippen molar-refractivity contribution >= 4 is 6.29 Å². The fraction of sp³-hybridized carbons (Fsp3) is 0.435. The number of carbonyl (C=O) groups is 1. The molecule has 156 valence electrons. The van der Waals surface area contributed by atoms with E-state index < -0.39 is 18.3 Å². The number of hydrogen-bond acceptors (Lipinski definition) is 5. The molecule has 0 spiro atoms. The van der Waals surface area contributed by atoms with Crippen LogP contribution in [0.1, 0.15) is 48.1 Å². The quantitative estimate of drug-likeness (QED) is 0.631. The Morgan fingerprint density at radius 1 is 1.28 bits per heavy atom. The third-order valence-electron chi connectivity index (χ3n) is 5.08. The molecule has 0 fully saturated rings. The van der Waals surface area contributed by atoms with Gasteiger partial charge < -0.3 is 24.5 Å². The first kappa shape index (κ1) is 21.4. The number of halogens is 1. The van der Waals surface area contributed by atoms with Crippen LogP contribution >= 0.6 is 0 Å². The predicted molar refractivity (Wildman–Crippen MR) is 107 cm³/mol. The van der Waals surface area contributed by atoms with E-state index in [1.807, 2.05) is 12.1 Å². The van der Waals surface area contributed by atoms with Gasteiger partial charge in [0.1, 0.15) is 24.0 Å². The van der Waals surface area contributed by atoms with Gasteiger partial charge in [-0.1, -0.05) is 18.2 Å². The van der Waals surface area contributed by atoms with Gasteiger partial charge in [0.05, 0.1) is 25.4 Å². The Labute approximate surface area is 170 Å². The van der Waals surface area contributed by atoms with Crippen LogP contribution in [-0.2, 0) is 22.4 Å². The van der Waals surface area contributed by atoms with Crippen molar-refractivity contribution in [2.45, 2.75) is 50.9 Å². The van der Waals surface area contributed by atoms with Gasteiger partial charge >= 0.3 is 0 Å². The molecule has 5 nitrogen and oxygen atoms in total. The maximum atomic E-state index is 14.5.